The molecule has 0 atom stereocenters. The quantitative estimate of drug-likeness (QED) is 0.271. The molecule has 1 amide bonds. The fourth-order valence-corrected chi connectivity index (χ4v) is 5.92. The molecule has 1 saturated carbocycles. The summed E-state index contributed by atoms with van der Waals surface area (Å²) in [6, 6.07) is 15.8. The van der Waals surface area contributed by atoms with E-state index in [0.29, 0.717) is 23.2 Å². The number of hydrogen-bond acceptors (Lipinski definition) is 4. The van der Waals surface area contributed by atoms with E-state index in [4.69, 9.17) is 0 Å². The van der Waals surface area contributed by atoms with E-state index in [0.717, 1.165) is 46.7 Å². The maximum atomic E-state index is 13.7. The number of amides is 1. The Morgan fingerprint density at radius 3 is 2.30 bits per heavy atom. The molecule has 0 unspecified atom stereocenters. The molecule has 0 radical (unpaired) electrons. The SMILES string of the molecule is CCN(c1cc(-c2ccc(CNC(C)C)cc2)cc(C(=O)NCc2c(C)cc(C)[nH]c2=O)c1C)C1CCCCC1. The third-order valence-corrected chi connectivity index (χ3v) is 8.21. The van der Waals surface area contributed by atoms with Gasteiger partial charge < -0.3 is 20.5 Å². The topological polar surface area (TPSA) is 77.2 Å². The number of H-pyrrole nitrogens is 1. The average molecular weight is 543 g/mol. The zero-order chi connectivity index (χ0) is 28.8. The van der Waals surface area contributed by atoms with E-state index in [1.165, 1.54) is 37.7 Å². The van der Waals surface area contributed by atoms with E-state index in [2.05, 4.69) is 78.5 Å². The van der Waals surface area contributed by atoms with Crippen molar-refractivity contribution in [2.45, 2.75) is 98.8 Å². The number of aromatic amines is 1. The van der Waals surface area contributed by atoms with Crippen molar-refractivity contribution in [3.05, 3.63) is 86.3 Å². The van der Waals surface area contributed by atoms with Crippen LogP contribution in [-0.2, 0) is 13.1 Å². The molecule has 214 valence electrons. The Morgan fingerprint density at radius 2 is 1.68 bits per heavy atom. The molecule has 1 fully saturated rings. The largest absolute Gasteiger partial charge is 0.369 e. The Bertz CT molecular complexity index is 1370. The molecule has 40 heavy (non-hydrogen) atoms. The molecule has 3 aromatic rings. The van der Waals surface area contributed by atoms with Gasteiger partial charge in [0.15, 0.2) is 0 Å². The third kappa shape index (κ3) is 7.03. The Kier molecular flexibility index (Phi) is 9.85. The van der Waals surface area contributed by atoms with E-state index in [1.54, 1.807) is 0 Å². The summed E-state index contributed by atoms with van der Waals surface area (Å²) >= 11 is 0. The van der Waals surface area contributed by atoms with Gasteiger partial charge in [0.25, 0.3) is 11.5 Å². The first-order chi connectivity index (χ1) is 19.2. The van der Waals surface area contributed by atoms with Gasteiger partial charge in [0.05, 0.1) is 0 Å². The van der Waals surface area contributed by atoms with E-state index >= 15 is 0 Å². The molecule has 1 aliphatic carbocycles. The molecule has 1 aromatic heterocycles. The summed E-state index contributed by atoms with van der Waals surface area (Å²) in [5.41, 5.74) is 8.29. The second-order valence-corrected chi connectivity index (χ2v) is 11.6. The maximum absolute atomic E-state index is 13.7. The van der Waals surface area contributed by atoms with Gasteiger partial charge in [0.1, 0.15) is 0 Å². The molecule has 3 N–H and O–H groups in total. The van der Waals surface area contributed by atoms with Crippen molar-refractivity contribution in [2.24, 2.45) is 0 Å². The molecule has 0 aliphatic heterocycles. The van der Waals surface area contributed by atoms with Gasteiger partial charge in [-0.3, -0.25) is 9.59 Å². The van der Waals surface area contributed by atoms with Crippen LogP contribution in [0.25, 0.3) is 11.1 Å². The first-order valence-corrected chi connectivity index (χ1v) is 14.9. The van der Waals surface area contributed by atoms with Crippen molar-refractivity contribution in [1.82, 2.24) is 15.6 Å². The highest BCUT2D eigenvalue weighted by Gasteiger charge is 2.24. The summed E-state index contributed by atoms with van der Waals surface area (Å²) in [7, 11) is 0. The smallest absolute Gasteiger partial charge is 0.253 e. The third-order valence-electron chi connectivity index (χ3n) is 8.21. The molecule has 2 aromatic carbocycles. The molecule has 0 bridgehead atoms. The number of rotatable bonds is 10. The number of aromatic nitrogens is 1. The Hall–Kier alpha value is -3.38. The molecule has 6 nitrogen and oxygen atoms in total. The van der Waals surface area contributed by atoms with Crippen molar-refractivity contribution in [3.63, 3.8) is 0 Å². The number of carbonyl (C=O) groups excluding carboxylic acids is 1. The van der Waals surface area contributed by atoms with Crippen molar-refractivity contribution in [2.75, 3.05) is 11.4 Å². The number of pyridine rings is 1. The van der Waals surface area contributed by atoms with Gasteiger partial charge >= 0.3 is 0 Å². The summed E-state index contributed by atoms with van der Waals surface area (Å²) in [5.74, 6) is -0.155. The first-order valence-electron chi connectivity index (χ1n) is 14.9. The second kappa shape index (κ2) is 13.3. The van der Waals surface area contributed by atoms with Gasteiger partial charge in [0.2, 0.25) is 0 Å². The minimum atomic E-state index is -0.155. The van der Waals surface area contributed by atoms with E-state index < -0.39 is 0 Å². The summed E-state index contributed by atoms with van der Waals surface area (Å²) < 4.78 is 0. The van der Waals surface area contributed by atoms with Crippen LogP contribution < -0.4 is 21.1 Å². The molecule has 0 spiro atoms. The van der Waals surface area contributed by atoms with Crippen molar-refractivity contribution >= 4 is 11.6 Å². The van der Waals surface area contributed by atoms with Crippen LogP contribution in [0.1, 0.15) is 91.2 Å². The molecule has 4 rings (SSSR count). The van der Waals surface area contributed by atoms with Crippen molar-refractivity contribution in [1.29, 1.82) is 0 Å². The molecular weight excluding hydrogens is 496 g/mol. The minimum Gasteiger partial charge on any atom is -0.369 e. The van der Waals surface area contributed by atoms with Crippen LogP contribution in [-0.4, -0.2) is 29.5 Å². The number of anilines is 1. The van der Waals surface area contributed by atoms with Gasteiger partial charge in [-0.15, -0.1) is 0 Å². The summed E-state index contributed by atoms with van der Waals surface area (Å²) in [6.45, 7) is 14.3. The standard InChI is InChI=1S/C34H46N4O2/c1-7-38(29-11-9-8-10-12-29)32-19-28(27-15-13-26(14-16-27)20-35-22(2)3)18-30(25(32)6)33(39)36-21-31-23(4)17-24(5)37-34(31)40/h13-19,22,29,35H,7-12,20-21H2,1-6H3,(H,36,39)(H,37,40). The zero-order valence-corrected chi connectivity index (χ0v) is 25.1. The Morgan fingerprint density at radius 1 is 0.975 bits per heavy atom. The van der Waals surface area contributed by atoms with Gasteiger partial charge in [-0.25, -0.2) is 0 Å². The summed E-state index contributed by atoms with van der Waals surface area (Å²) in [4.78, 5) is 31.6. The Labute approximate surface area is 239 Å². The summed E-state index contributed by atoms with van der Waals surface area (Å²) in [5, 5.41) is 6.53. The van der Waals surface area contributed by atoms with Crippen molar-refractivity contribution in [3.8, 4) is 11.1 Å². The molecule has 6 heteroatoms. The average Bonchev–Trinajstić information content (AvgIpc) is 2.93. The zero-order valence-electron chi connectivity index (χ0n) is 25.1. The maximum Gasteiger partial charge on any atom is 0.253 e. The van der Waals surface area contributed by atoms with Crippen LogP contribution in [0, 0.1) is 20.8 Å². The highest BCUT2D eigenvalue weighted by Crippen LogP contribution is 2.35. The van der Waals surface area contributed by atoms with Crippen LogP contribution >= 0.6 is 0 Å². The lowest BCUT2D eigenvalue weighted by Gasteiger charge is -2.37. The molecule has 0 saturated heterocycles. The Balaban J connectivity index is 1.70. The molecule has 1 aliphatic rings. The predicted octanol–water partition coefficient (Wildman–Crippen LogP) is 6.55. The number of aryl methyl sites for hydroxylation is 2. The molecule has 1 heterocycles. The lowest BCUT2D eigenvalue weighted by molar-refractivity contribution is 0.0950. The van der Waals surface area contributed by atoms with E-state index in [1.807, 2.05) is 26.0 Å². The fourth-order valence-electron chi connectivity index (χ4n) is 5.92. The van der Waals surface area contributed by atoms with E-state index in [9.17, 15) is 9.59 Å². The minimum absolute atomic E-state index is 0.148. The van der Waals surface area contributed by atoms with Gasteiger partial charge in [0, 0.05) is 54.2 Å². The van der Waals surface area contributed by atoms with Crippen LogP contribution in [0.15, 0.2) is 47.3 Å². The van der Waals surface area contributed by atoms with Gasteiger partial charge in [-0.1, -0.05) is 57.4 Å². The highest BCUT2D eigenvalue weighted by molar-refractivity contribution is 5.99. The van der Waals surface area contributed by atoms with Crippen LogP contribution in [0.2, 0.25) is 0 Å². The van der Waals surface area contributed by atoms with Crippen LogP contribution in [0.5, 0.6) is 0 Å². The summed E-state index contributed by atoms with van der Waals surface area (Å²) in [6.07, 6.45) is 6.18. The van der Waals surface area contributed by atoms with Crippen molar-refractivity contribution < 1.29 is 4.79 Å². The second-order valence-electron chi connectivity index (χ2n) is 11.6. The predicted molar refractivity (Wildman–Crippen MR) is 166 cm³/mol. The lowest BCUT2D eigenvalue weighted by Crippen LogP contribution is -2.37. The molecular formula is C34H46N4O2. The number of carbonyl (C=O) groups is 1. The highest BCUT2D eigenvalue weighted by atomic mass is 16.1. The fraction of sp³-hybridized carbons (Fsp3) is 0.471. The lowest BCUT2D eigenvalue weighted by atomic mass is 9.91. The van der Waals surface area contributed by atoms with Gasteiger partial charge in [-0.05, 0) is 86.6 Å². The van der Waals surface area contributed by atoms with Crippen LogP contribution in [0.3, 0.4) is 0 Å². The van der Waals surface area contributed by atoms with Crippen LogP contribution in [0.4, 0.5) is 5.69 Å². The monoisotopic (exact) mass is 542 g/mol. The number of hydrogen-bond donors (Lipinski definition) is 3. The number of benzene rings is 2. The number of nitrogens with zero attached hydrogens (tertiary/aromatic N) is 1. The van der Waals surface area contributed by atoms with Gasteiger partial charge in [-0.2, -0.15) is 0 Å². The normalized spacial score (nSPS) is 14.0. The van der Waals surface area contributed by atoms with E-state index in [-0.39, 0.29) is 18.0 Å². The first kappa shape index (κ1) is 29.6. The number of nitrogens with one attached hydrogen (secondary N) is 3.